The van der Waals surface area contributed by atoms with E-state index in [0.717, 1.165) is 0 Å². The zero-order valence-corrected chi connectivity index (χ0v) is 13.9. The van der Waals surface area contributed by atoms with Crippen LogP contribution >= 0.6 is 0 Å². The van der Waals surface area contributed by atoms with Crippen molar-refractivity contribution in [3.8, 4) is 5.75 Å². The van der Waals surface area contributed by atoms with Gasteiger partial charge in [-0.05, 0) is 12.2 Å². The van der Waals surface area contributed by atoms with Gasteiger partial charge in [0, 0.05) is 18.6 Å². The molecule has 25 heavy (non-hydrogen) atoms. The van der Waals surface area contributed by atoms with E-state index in [9.17, 15) is 27.1 Å². The lowest BCUT2D eigenvalue weighted by molar-refractivity contribution is -0.697. The summed E-state index contributed by atoms with van der Waals surface area (Å²) < 4.78 is 62.7. The van der Waals surface area contributed by atoms with E-state index in [0.29, 0.717) is 0 Å². The van der Waals surface area contributed by atoms with Crippen LogP contribution < -0.4 is 9.67 Å². The summed E-state index contributed by atoms with van der Waals surface area (Å²) >= 11 is 0. The third-order valence-corrected chi connectivity index (χ3v) is 3.47. The fourth-order valence-corrected chi connectivity index (χ4v) is 2.07. The molecule has 0 radical (unpaired) electrons. The number of aryl methyl sites for hydroxylation is 1. The smallest absolute Gasteiger partial charge is 0.200 e. The van der Waals surface area contributed by atoms with Crippen molar-refractivity contribution in [1.82, 2.24) is 0 Å². The van der Waals surface area contributed by atoms with Gasteiger partial charge < -0.3 is 5.11 Å². The van der Waals surface area contributed by atoms with E-state index in [1.54, 1.807) is 0 Å². The van der Waals surface area contributed by atoms with Crippen molar-refractivity contribution < 1.29 is 31.6 Å². The number of benzene rings is 1. The monoisotopic (exact) mass is 361 g/mol. The average Bonchev–Trinajstić information content (AvgIpc) is 2.64. The van der Waals surface area contributed by atoms with Crippen LogP contribution in [0.2, 0.25) is 0 Å². The van der Waals surface area contributed by atoms with Gasteiger partial charge in [-0.25, -0.2) is 26.5 Å². The first-order chi connectivity index (χ1) is 11.9. The SMILES string of the molecule is CCCCCCC[n+]1ccccc1.[O-]c1c(F)c(F)c(F)c(F)c1F. The van der Waals surface area contributed by atoms with Crippen LogP contribution in [0.25, 0.3) is 0 Å². The summed E-state index contributed by atoms with van der Waals surface area (Å²) in [7, 11) is 0. The summed E-state index contributed by atoms with van der Waals surface area (Å²) in [6, 6.07) is 6.24. The summed E-state index contributed by atoms with van der Waals surface area (Å²) in [5, 5.41) is 10.2. The van der Waals surface area contributed by atoms with Gasteiger partial charge in [-0.15, -0.1) is 0 Å². The number of nitrogens with zero attached hydrogens (tertiary/aromatic N) is 1. The van der Waals surface area contributed by atoms with Crippen LogP contribution in [0.3, 0.4) is 0 Å². The third kappa shape index (κ3) is 6.32. The van der Waals surface area contributed by atoms with Crippen LogP contribution in [0.5, 0.6) is 5.75 Å². The summed E-state index contributed by atoms with van der Waals surface area (Å²) in [4.78, 5) is 0. The molecule has 0 N–H and O–H groups in total. The second kappa shape index (κ2) is 10.6. The molecule has 138 valence electrons. The maximum atomic E-state index is 12.1. The second-order valence-electron chi connectivity index (χ2n) is 5.43. The molecule has 0 saturated heterocycles. The Balaban J connectivity index is 0.000000251. The molecule has 0 aliphatic heterocycles. The molecule has 0 fully saturated rings. The number of rotatable bonds is 6. The Morgan fingerprint density at radius 3 is 1.72 bits per heavy atom. The minimum atomic E-state index is -2.33. The first-order valence-electron chi connectivity index (χ1n) is 8.02. The molecule has 0 aliphatic carbocycles. The van der Waals surface area contributed by atoms with Gasteiger partial charge in [-0.3, -0.25) is 0 Å². The molecule has 1 heterocycles. The molecule has 0 atom stereocenters. The second-order valence-corrected chi connectivity index (χ2v) is 5.43. The quantitative estimate of drug-likeness (QED) is 0.246. The number of halogens is 5. The summed E-state index contributed by atoms with van der Waals surface area (Å²) in [6.45, 7) is 3.43. The number of aromatic nitrogens is 1. The van der Waals surface area contributed by atoms with Gasteiger partial charge in [-0.2, -0.15) is 0 Å². The van der Waals surface area contributed by atoms with Crippen LogP contribution in [-0.2, 0) is 6.54 Å². The lowest BCUT2D eigenvalue weighted by atomic mass is 10.1. The van der Waals surface area contributed by atoms with E-state index in [1.165, 1.54) is 38.6 Å². The van der Waals surface area contributed by atoms with E-state index in [1.807, 2.05) is 0 Å². The van der Waals surface area contributed by atoms with Gasteiger partial charge in [0.05, 0.1) is 0 Å². The Morgan fingerprint density at radius 1 is 0.720 bits per heavy atom. The minimum Gasteiger partial charge on any atom is -0.868 e. The first-order valence-corrected chi connectivity index (χ1v) is 8.02. The summed E-state index contributed by atoms with van der Waals surface area (Å²) in [6.07, 6.45) is 11.1. The highest BCUT2D eigenvalue weighted by Gasteiger charge is 2.20. The third-order valence-electron chi connectivity index (χ3n) is 3.47. The fourth-order valence-electron chi connectivity index (χ4n) is 2.07. The normalized spacial score (nSPS) is 10.3. The van der Waals surface area contributed by atoms with Gasteiger partial charge in [-0.1, -0.05) is 32.3 Å². The molecule has 2 aromatic rings. The Labute approximate surface area is 143 Å². The highest BCUT2D eigenvalue weighted by atomic mass is 19.2. The highest BCUT2D eigenvalue weighted by Crippen LogP contribution is 2.25. The van der Waals surface area contributed by atoms with Crippen molar-refractivity contribution in [3.05, 3.63) is 59.7 Å². The van der Waals surface area contributed by atoms with Crippen molar-refractivity contribution in [2.24, 2.45) is 0 Å². The van der Waals surface area contributed by atoms with E-state index >= 15 is 0 Å². The Hall–Kier alpha value is -2.18. The van der Waals surface area contributed by atoms with Crippen molar-refractivity contribution >= 4 is 0 Å². The summed E-state index contributed by atoms with van der Waals surface area (Å²) in [5.74, 6) is -13.6. The largest absolute Gasteiger partial charge is 0.868 e. The van der Waals surface area contributed by atoms with Crippen LogP contribution in [0.1, 0.15) is 39.0 Å². The van der Waals surface area contributed by atoms with Crippen LogP contribution in [-0.4, -0.2) is 0 Å². The molecular weight excluding hydrogens is 341 g/mol. The lowest BCUT2D eigenvalue weighted by Gasteiger charge is -2.09. The molecule has 1 aromatic carbocycles. The van der Waals surface area contributed by atoms with Gasteiger partial charge in [0.2, 0.25) is 0 Å². The molecule has 1 aromatic heterocycles. The molecule has 2 rings (SSSR count). The fraction of sp³-hybridized carbons (Fsp3) is 0.389. The predicted octanol–water partition coefficient (Wildman–Crippen LogP) is 4.40. The maximum absolute atomic E-state index is 12.1. The lowest BCUT2D eigenvalue weighted by Crippen LogP contribution is -2.32. The zero-order valence-electron chi connectivity index (χ0n) is 13.9. The Morgan fingerprint density at radius 2 is 1.20 bits per heavy atom. The average molecular weight is 361 g/mol. The molecule has 0 amide bonds. The van der Waals surface area contributed by atoms with E-state index < -0.39 is 34.8 Å². The summed E-state index contributed by atoms with van der Waals surface area (Å²) in [5.41, 5.74) is 0. The molecular formula is C18H20F5NO. The van der Waals surface area contributed by atoms with Crippen molar-refractivity contribution in [2.75, 3.05) is 0 Å². The maximum Gasteiger partial charge on any atom is 0.200 e. The van der Waals surface area contributed by atoms with Gasteiger partial charge >= 0.3 is 0 Å². The molecule has 7 heteroatoms. The van der Waals surface area contributed by atoms with Crippen LogP contribution in [0, 0.1) is 29.1 Å². The van der Waals surface area contributed by atoms with Crippen LogP contribution in [0.4, 0.5) is 22.0 Å². The Kier molecular flexibility index (Phi) is 8.88. The van der Waals surface area contributed by atoms with Gasteiger partial charge in [0.1, 0.15) is 6.54 Å². The van der Waals surface area contributed by atoms with Crippen molar-refractivity contribution in [2.45, 2.75) is 45.6 Å². The molecule has 2 nitrogen and oxygen atoms in total. The van der Waals surface area contributed by atoms with E-state index in [2.05, 4.69) is 42.1 Å². The molecule has 0 spiro atoms. The molecule has 0 aliphatic rings. The Bertz CT molecular complexity index is 559. The number of hydrogen-bond acceptors (Lipinski definition) is 1. The topological polar surface area (TPSA) is 26.9 Å². The van der Waals surface area contributed by atoms with E-state index in [4.69, 9.17) is 0 Å². The standard InChI is InChI=1S/C12H20N.C6HF5O/c1-2-3-4-5-7-10-13-11-8-6-9-12-13;7-1-2(8)4(10)6(12)5(11)3(1)9/h6,8-9,11-12H,2-5,7,10H2,1H3;12H/q+1;/p-1. The first kappa shape index (κ1) is 20.9. The predicted molar refractivity (Wildman–Crippen MR) is 81.1 cm³/mol. The highest BCUT2D eigenvalue weighted by molar-refractivity contribution is 5.26. The zero-order chi connectivity index (χ0) is 18.8. The van der Waals surface area contributed by atoms with Gasteiger partial charge in [0.15, 0.2) is 41.5 Å². The molecule has 0 saturated carbocycles. The van der Waals surface area contributed by atoms with E-state index in [-0.39, 0.29) is 0 Å². The van der Waals surface area contributed by atoms with Gasteiger partial charge in [0.25, 0.3) is 0 Å². The van der Waals surface area contributed by atoms with Crippen molar-refractivity contribution in [3.63, 3.8) is 0 Å². The minimum absolute atomic E-state index is 1.17. The number of pyridine rings is 1. The number of hydrogen-bond donors (Lipinski definition) is 0. The molecule has 0 bridgehead atoms. The van der Waals surface area contributed by atoms with Crippen LogP contribution in [0.15, 0.2) is 30.6 Å². The van der Waals surface area contributed by atoms with Crippen molar-refractivity contribution in [1.29, 1.82) is 0 Å². The molecule has 0 unspecified atom stereocenters. The number of unbranched alkanes of at least 4 members (excludes halogenated alkanes) is 4.